The fraction of sp³-hybridized carbons (Fsp3) is 0.562. The maximum atomic E-state index is 12.1. The molecule has 18 heavy (non-hydrogen) atoms. The lowest BCUT2D eigenvalue weighted by molar-refractivity contribution is -0.129. The summed E-state index contributed by atoms with van der Waals surface area (Å²) in [7, 11) is 0. The first-order chi connectivity index (χ1) is 8.25. The summed E-state index contributed by atoms with van der Waals surface area (Å²) < 4.78 is 0. The van der Waals surface area contributed by atoms with E-state index in [-0.39, 0.29) is 17.4 Å². The lowest BCUT2D eigenvalue weighted by Gasteiger charge is -2.25. The Hall–Kier alpha value is -1.31. The van der Waals surface area contributed by atoms with Gasteiger partial charge in [-0.15, -0.1) is 0 Å². The zero-order valence-corrected chi connectivity index (χ0v) is 12.4. The highest BCUT2D eigenvalue weighted by atomic mass is 16.2. The van der Waals surface area contributed by atoms with Gasteiger partial charge in [0.15, 0.2) is 0 Å². The molecule has 0 aromatic heterocycles. The van der Waals surface area contributed by atoms with Crippen molar-refractivity contribution >= 4 is 5.91 Å². The van der Waals surface area contributed by atoms with Crippen molar-refractivity contribution < 1.29 is 4.79 Å². The van der Waals surface area contributed by atoms with E-state index in [4.69, 9.17) is 0 Å². The monoisotopic (exact) mass is 247 g/mol. The van der Waals surface area contributed by atoms with Crippen molar-refractivity contribution in [1.82, 2.24) is 5.32 Å². The minimum Gasteiger partial charge on any atom is -0.349 e. The number of hydrogen-bond acceptors (Lipinski definition) is 1. The quantitative estimate of drug-likeness (QED) is 0.862. The Morgan fingerprint density at radius 3 is 2.33 bits per heavy atom. The predicted octanol–water partition coefficient (Wildman–Crippen LogP) is 3.92. The van der Waals surface area contributed by atoms with Crippen molar-refractivity contribution in [3.8, 4) is 0 Å². The fourth-order valence-electron chi connectivity index (χ4n) is 1.99. The van der Waals surface area contributed by atoms with Gasteiger partial charge in [0.2, 0.25) is 5.91 Å². The molecule has 1 aromatic carbocycles. The number of aryl methyl sites for hydroxylation is 2. The molecular formula is C16H25NO. The summed E-state index contributed by atoms with van der Waals surface area (Å²) >= 11 is 0. The molecule has 0 fully saturated rings. The lowest BCUT2D eigenvalue weighted by Crippen LogP contribution is -2.37. The van der Waals surface area contributed by atoms with Gasteiger partial charge in [0.1, 0.15) is 0 Å². The molecule has 1 N–H and O–H groups in total. The third-order valence-electron chi connectivity index (χ3n) is 3.20. The number of amides is 1. The number of benzene rings is 1. The van der Waals surface area contributed by atoms with E-state index in [1.165, 1.54) is 16.7 Å². The molecule has 0 heterocycles. The van der Waals surface area contributed by atoms with Gasteiger partial charge in [-0.2, -0.15) is 0 Å². The van der Waals surface area contributed by atoms with Crippen LogP contribution in [0.4, 0.5) is 0 Å². The van der Waals surface area contributed by atoms with E-state index in [1.54, 1.807) is 0 Å². The van der Waals surface area contributed by atoms with Crippen LogP contribution in [0.25, 0.3) is 0 Å². The van der Waals surface area contributed by atoms with Gasteiger partial charge in [0.25, 0.3) is 0 Å². The molecule has 2 heteroatoms. The Morgan fingerprint density at radius 1 is 1.28 bits per heavy atom. The van der Waals surface area contributed by atoms with Crippen LogP contribution in [-0.2, 0) is 4.79 Å². The molecule has 1 amide bonds. The molecule has 0 saturated heterocycles. The first kappa shape index (κ1) is 14.7. The van der Waals surface area contributed by atoms with Gasteiger partial charge >= 0.3 is 0 Å². The van der Waals surface area contributed by atoms with Crippen LogP contribution in [0.2, 0.25) is 0 Å². The number of hydrogen-bond donors (Lipinski definition) is 1. The second-order valence-electron chi connectivity index (χ2n) is 6.04. The van der Waals surface area contributed by atoms with Crippen LogP contribution >= 0.6 is 0 Å². The van der Waals surface area contributed by atoms with Gasteiger partial charge in [-0.3, -0.25) is 4.79 Å². The van der Waals surface area contributed by atoms with Crippen LogP contribution in [0.5, 0.6) is 0 Å². The molecule has 100 valence electrons. The van der Waals surface area contributed by atoms with Crippen molar-refractivity contribution in [3.63, 3.8) is 0 Å². The second kappa shape index (κ2) is 5.55. The summed E-state index contributed by atoms with van der Waals surface area (Å²) in [5.74, 6) is 0.106. The summed E-state index contributed by atoms with van der Waals surface area (Å²) in [6.45, 7) is 12.1. The van der Waals surface area contributed by atoms with Crippen molar-refractivity contribution in [2.45, 2.75) is 54.0 Å². The second-order valence-corrected chi connectivity index (χ2v) is 6.04. The first-order valence-corrected chi connectivity index (χ1v) is 6.63. The smallest absolute Gasteiger partial charge is 0.225 e. The Labute approximate surface area is 111 Å². The first-order valence-electron chi connectivity index (χ1n) is 6.63. The Kier molecular flexibility index (Phi) is 4.55. The number of carbonyl (C=O) groups is 1. The third kappa shape index (κ3) is 3.59. The van der Waals surface area contributed by atoms with Crippen LogP contribution in [0, 0.1) is 19.3 Å². The normalized spacial score (nSPS) is 13.2. The van der Waals surface area contributed by atoms with Crippen molar-refractivity contribution in [3.05, 3.63) is 34.9 Å². The average molecular weight is 247 g/mol. The molecule has 0 aliphatic carbocycles. The van der Waals surface area contributed by atoms with Gasteiger partial charge in [-0.25, -0.2) is 0 Å². The molecule has 0 bridgehead atoms. The van der Waals surface area contributed by atoms with Crippen molar-refractivity contribution in [2.24, 2.45) is 5.41 Å². The Balaban J connectivity index is 2.93. The highest BCUT2D eigenvalue weighted by Crippen LogP contribution is 2.23. The van der Waals surface area contributed by atoms with E-state index in [0.717, 1.165) is 6.42 Å². The zero-order chi connectivity index (χ0) is 13.9. The highest BCUT2D eigenvalue weighted by molar-refractivity contribution is 5.81. The molecule has 1 unspecified atom stereocenters. The molecule has 1 aromatic rings. The molecule has 0 saturated carbocycles. The van der Waals surface area contributed by atoms with Gasteiger partial charge in [-0.1, -0.05) is 51.5 Å². The molecule has 1 atom stereocenters. The number of rotatable bonds is 3. The minimum absolute atomic E-state index is 0.106. The topological polar surface area (TPSA) is 29.1 Å². The molecule has 0 spiro atoms. The van der Waals surface area contributed by atoms with Crippen LogP contribution < -0.4 is 5.32 Å². The van der Waals surface area contributed by atoms with Crippen molar-refractivity contribution in [2.75, 3.05) is 0 Å². The van der Waals surface area contributed by atoms with Gasteiger partial charge in [0.05, 0.1) is 6.04 Å². The zero-order valence-electron chi connectivity index (χ0n) is 12.4. The predicted molar refractivity (Wildman–Crippen MR) is 76.5 cm³/mol. The average Bonchev–Trinajstić information content (AvgIpc) is 2.25. The maximum Gasteiger partial charge on any atom is 0.225 e. The summed E-state index contributed by atoms with van der Waals surface area (Å²) in [5, 5.41) is 3.14. The third-order valence-corrected chi connectivity index (χ3v) is 3.20. The van der Waals surface area contributed by atoms with E-state index < -0.39 is 0 Å². The standard InChI is InChI=1S/C16H25NO/c1-7-14(17-15(18)16(4,5)6)13-9-8-11(2)10-12(13)3/h8-10,14H,7H2,1-6H3,(H,17,18). The SMILES string of the molecule is CCC(NC(=O)C(C)(C)C)c1ccc(C)cc1C. The molecule has 0 aliphatic rings. The number of carbonyl (C=O) groups excluding carboxylic acids is 1. The van der Waals surface area contributed by atoms with E-state index in [2.05, 4.69) is 44.3 Å². The van der Waals surface area contributed by atoms with E-state index >= 15 is 0 Å². The maximum absolute atomic E-state index is 12.1. The molecular weight excluding hydrogens is 222 g/mol. The Morgan fingerprint density at radius 2 is 1.89 bits per heavy atom. The van der Waals surface area contributed by atoms with Gasteiger partial charge < -0.3 is 5.32 Å². The lowest BCUT2D eigenvalue weighted by atomic mass is 9.92. The van der Waals surface area contributed by atoms with Crippen molar-refractivity contribution in [1.29, 1.82) is 0 Å². The van der Waals surface area contributed by atoms with Crippen LogP contribution in [0.3, 0.4) is 0 Å². The van der Waals surface area contributed by atoms with Gasteiger partial charge in [0, 0.05) is 5.41 Å². The summed E-state index contributed by atoms with van der Waals surface area (Å²) in [5.41, 5.74) is 3.39. The molecule has 0 radical (unpaired) electrons. The van der Waals surface area contributed by atoms with Gasteiger partial charge in [-0.05, 0) is 31.4 Å². The highest BCUT2D eigenvalue weighted by Gasteiger charge is 2.24. The summed E-state index contributed by atoms with van der Waals surface area (Å²) in [4.78, 5) is 12.1. The van der Waals surface area contributed by atoms with Crippen LogP contribution in [0.1, 0.15) is 56.8 Å². The summed E-state index contributed by atoms with van der Waals surface area (Å²) in [6, 6.07) is 6.51. The van der Waals surface area contributed by atoms with E-state index in [9.17, 15) is 4.79 Å². The molecule has 1 rings (SSSR count). The largest absolute Gasteiger partial charge is 0.349 e. The Bertz CT molecular complexity index is 429. The molecule has 2 nitrogen and oxygen atoms in total. The van der Waals surface area contributed by atoms with Crippen LogP contribution in [-0.4, -0.2) is 5.91 Å². The van der Waals surface area contributed by atoms with Crippen LogP contribution in [0.15, 0.2) is 18.2 Å². The minimum atomic E-state index is -0.341. The molecule has 0 aliphatic heterocycles. The fourth-order valence-corrected chi connectivity index (χ4v) is 1.99. The van der Waals surface area contributed by atoms with E-state index in [1.807, 2.05) is 20.8 Å². The number of nitrogens with one attached hydrogen (secondary N) is 1. The van der Waals surface area contributed by atoms with E-state index in [0.29, 0.717) is 0 Å². The summed E-state index contributed by atoms with van der Waals surface area (Å²) in [6.07, 6.45) is 0.908.